The zero-order chi connectivity index (χ0) is 15.6. The van der Waals surface area contributed by atoms with E-state index >= 15 is 0 Å². The van der Waals surface area contributed by atoms with E-state index in [-0.39, 0.29) is 0 Å². The fourth-order valence-electron chi connectivity index (χ4n) is 2.89. The second kappa shape index (κ2) is 5.72. The smallest absolute Gasteiger partial charge is 0.126 e. The van der Waals surface area contributed by atoms with E-state index in [4.69, 9.17) is 0 Å². The summed E-state index contributed by atoms with van der Waals surface area (Å²) in [5.74, 6) is -1.12. The highest BCUT2D eigenvalue weighted by Crippen LogP contribution is 2.39. The van der Waals surface area contributed by atoms with E-state index in [9.17, 15) is 8.78 Å². The Labute approximate surface area is 129 Å². The van der Waals surface area contributed by atoms with E-state index in [0.717, 1.165) is 17.2 Å². The van der Waals surface area contributed by atoms with E-state index in [1.165, 1.54) is 12.1 Å². The van der Waals surface area contributed by atoms with Crippen molar-refractivity contribution in [2.75, 3.05) is 0 Å². The lowest BCUT2D eigenvalue weighted by Gasteiger charge is -2.32. The van der Waals surface area contributed by atoms with E-state index in [0.29, 0.717) is 5.56 Å². The maximum Gasteiger partial charge on any atom is 0.126 e. The summed E-state index contributed by atoms with van der Waals surface area (Å²) in [6, 6.07) is 23.3. The summed E-state index contributed by atoms with van der Waals surface area (Å²) in [6.45, 7) is 1.99. The molecule has 3 aromatic carbocycles. The van der Waals surface area contributed by atoms with Crippen LogP contribution in [0.4, 0.5) is 8.78 Å². The molecule has 0 radical (unpaired) electrons. The molecule has 22 heavy (non-hydrogen) atoms. The minimum Gasteiger partial charge on any atom is -0.207 e. The normalized spacial score (nSPS) is 11.4. The predicted octanol–water partition coefficient (Wildman–Crippen LogP) is 5.32. The molecule has 0 amide bonds. The lowest BCUT2D eigenvalue weighted by Crippen LogP contribution is -2.25. The average molecular weight is 294 g/mol. The predicted molar refractivity (Wildman–Crippen MR) is 84.8 cm³/mol. The van der Waals surface area contributed by atoms with Crippen molar-refractivity contribution in [1.82, 2.24) is 0 Å². The highest BCUT2D eigenvalue weighted by molar-refractivity contribution is 5.49. The summed E-state index contributed by atoms with van der Waals surface area (Å²) < 4.78 is 27.5. The molecule has 0 nitrogen and oxygen atoms in total. The Bertz CT molecular complexity index is 704. The molecule has 0 bridgehead atoms. The summed E-state index contributed by atoms with van der Waals surface area (Å²) >= 11 is 0. The molecule has 0 saturated carbocycles. The van der Waals surface area contributed by atoms with Gasteiger partial charge in [-0.1, -0.05) is 60.7 Å². The molecule has 3 rings (SSSR count). The molecule has 2 heteroatoms. The van der Waals surface area contributed by atoms with Gasteiger partial charge in [-0.05, 0) is 35.7 Å². The first-order chi connectivity index (χ1) is 10.6. The maximum absolute atomic E-state index is 13.7. The summed E-state index contributed by atoms with van der Waals surface area (Å²) in [5, 5.41) is 0. The minimum absolute atomic E-state index is 0.562. The largest absolute Gasteiger partial charge is 0.207 e. The number of halogens is 2. The average Bonchev–Trinajstić information content (AvgIpc) is 2.55. The quantitative estimate of drug-likeness (QED) is 0.574. The first-order valence-electron chi connectivity index (χ1n) is 7.18. The molecule has 0 aromatic heterocycles. The van der Waals surface area contributed by atoms with Gasteiger partial charge in [-0.2, -0.15) is 0 Å². The van der Waals surface area contributed by atoms with Crippen LogP contribution in [0.15, 0.2) is 78.9 Å². The third-order valence-corrected chi connectivity index (χ3v) is 4.14. The van der Waals surface area contributed by atoms with Gasteiger partial charge >= 0.3 is 0 Å². The van der Waals surface area contributed by atoms with E-state index in [1.54, 1.807) is 0 Å². The molecule has 110 valence electrons. The van der Waals surface area contributed by atoms with E-state index in [1.807, 2.05) is 67.6 Å². The van der Waals surface area contributed by atoms with Gasteiger partial charge in [-0.3, -0.25) is 0 Å². The van der Waals surface area contributed by atoms with Crippen LogP contribution in [0.25, 0.3) is 0 Å². The maximum atomic E-state index is 13.7. The molecular weight excluding hydrogens is 278 g/mol. The molecule has 0 atom stereocenters. The van der Waals surface area contributed by atoms with Crippen molar-refractivity contribution >= 4 is 0 Å². The van der Waals surface area contributed by atoms with Crippen molar-refractivity contribution in [2.45, 2.75) is 12.3 Å². The third-order valence-electron chi connectivity index (χ3n) is 4.14. The fraction of sp³-hybridized carbons (Fsp3) is 0.100. The zero-order valence-electron chi connectivity index (χ0n) is 12.3. The molecule has 0 aliphatic heterocycles. The van der Waals surface area contributed by atoms with Gasteiger partial charge in [-0.25, -0.2) is 8.78 Å². The summed E-state index contributed by atoms with van der Waals surface area (Å²) in [5.41, 5.74) is 1.96. The highest BCUT2D eigenvalue weighted by Gasteiger charge is 2.31. The van der Waals surface area contributed by atoms with Crippen molar-refractivity contribution < 1.29 is 8.78 Å². The van der Waals surface area contributed by atoms with Crippen LogP contribution in [0.5, 0.6) is 0 Å². The first-order valence-corrected chi connectivity index (χ1v) is 7.18. The molecule has 0 N–H and O–H groups in total. The van der Waals surface area contributed by atoms with Gasteiger partial charge in [0.25, 0.3) is 0 Å². The number of hydrogen-bond acceptors (Lipinski definition) is 0. The molecular formula is C20H16F2. The Balaban J connectivity index is 2.28. The summed E-state index contributed by atoms with van der Waals surface area (Å²) in [4.78, 5) is 0. The Morgan fingerprint density at radius 2 is 1.00 bits per heavy atom. The lowest BCUT2D eigenvalue weighted by atomic mass is 9.71. The van der Waals surface area contributed by atoms with Crippen molar-refractivity contribution in [2.24, 2.45) is 0 Å². The second-order valence-electron chi connectivity index (χ2n) is 5.52. The van der Waals surface area contributed by atoms with Crippen molar-refractivity contribution in [3.05, 3.63) is 107 Å². The van der Waals surface area contributed by atoms with Gasteiger partial charge in [0.15, 0.2) is 0 Å². The minimum atomic E-state index is -0.620. The Morgan fingerprint density at radius 3 is 1.41 bits per heavy atom. The molecule has 0 unspecified atom stereocenters. The Hall–Kier alpha value is -2.48. The summed E-state index contributed by atoms with van der Waals surface area (Å²) in [6.07, 6.45) is 0. The number of benzene rings is 3. The van der Waals surface area contributed by atoms with Crippen molar-refractivity contribution in [1.29, 1.82) is 0 Å². The molecule has 0 heterocycles. The molecule has 0 spiro atoms. The van der Waals surface area contributed by atoms with Crippen LogP contribution in [0.2, 0.25) is 0 Å². The molecule has 3 aromatic rings. The third kappa shape index (κ3) is 2.52. The van der Waals surface area contributed by atoms with Crippen LogP contribution in [0, 0.1) is 11.6 Å². The van der Waals surface area contributed by atoms with Crippen molar-refractivity contribution in [3.63, 3.8) is 0 Å². The highest BCUT2D eigenvalue weighted by atomic mass is 19.1. The Morgan fingerprint density at radius 1 is 0.591 bits per heavy atom. The molecule has 0 saturated heterocycles. The van der Waals surface area contributed by atoms with Crippen LogP contribution >= 0.6 is 0 Å². The van der Waals surface area contributed by atoms with E-state index in [2.05, 4.69) is 0 Å². The fourth-order valence-corrected chi connectivity index (χ4v) is 2.89. The van der Waals surface area contributed by atoms with E-state index < -0.39 is 17.0 Å². The van der Waals surface area contributed by atoms with Crippen LogP contribution in [0.3, 0.4) is 0 Å². The lowest BCUT2D eigenvalue weighted by molar-refractivity contribution is 0.568. The summed E-state index contributed by atoms with van der Waals surface area (Å²) in [7, 11) is 0. The molecule has 0 aliphatic rings. The van der Waals surface area contributed by atoms with Gasteiger partial charge < -0.3 is 0 Å². The van der Waals surface area contributed by atoms with Crippen LogP contribution in [-0.4, -0.2) is 0 Å². The van der Waals surface area contributed by atoms with Gasteiger partial charge in [0.2, 0.25) is 0 Å². The SMILES string of the molecule is CC(c1ccccc1)(c1ccccc1)c1cc(F)cc(F)c1. The molecule has 0 fully saturated rings. The van der Waals surface area contributed by atoms with Gasteiger partial charge in [0.05, 0.1) is 0 Å². The van der Waals surface area contributed by atoms with Gasteiger partial charge in [0, 0.05) is 11.5 Å². The van der Waals surface area contributed by atoms with Crippen LogP contribution < -0.4 is 0 Å². The first kappa shape index (κ1) is 14.5. The van der Waals surface area contributed by atoms with Crippen LogP contribution in [0.1, 0.15) is 23.6 Å². The molecule has 0 aliphatic carbocycles. The van der Waals surface area contributed by atoms with Crippen LogP contribution in [-0.2, 0) is 5.41 Å². The monoisotopic (exact) mass is 294 g/mol. The number of hydrogen-bond donors (Lipinski definition) is 0. The number of rotatable bonds is 3. The topological polar surface area (TPSA) is 0 Å². The zero-order valence-corrected chi connectivity index (χ0v) is 12.3. The second-order valence-corrected chi connectivity index (χ2v) is 5.52. The van der Waals surface area contributed by atoms with Gasteiger partial charge in [0.1, 0.15) is 11.6 Å². The standard InChI is InChI=1S/C20H16F2/c1-20(15-8-4-2-5-9-15,16-10-6-3-7-11-16)17-12-18(21)14-19(22)13-17/h2-14H,1H3. The Kier molecular flexibility index (Phi) is 3.76. The van der Waals surface area contributed by atoms with Gasteiger partial charge in [-0.15, -0.1) is 0 Å². The van der Waals surface area contributed by atoms with Crippen molar-refractivity contribution in [3.8, 4) is 0 Å².